The van der Waals surface area contributed by atoms with Crippen molar-refractivity contribution < 1.29 is 9.18 Å². The van der Waals surface area contributed by atoms with E-state index in [0.29, 0.717) is 23.4 Å². The number of amides is 1. The lowest BCUT2D eigenvalue weighted by Gasteiger charge is -2.40. The number of hydrogen-bond acceptors (Lipinski definition) is 2. The minimum Gasteiger partial charge on any atom is -0.279 e. The number of pyridine rings is 1. The number of benzene rings is 2. The number of halogens is 1. The van der Waals surface area contributed by atoms with E-state index in [9.17, 15) is 9.18 Å². The van der Waals surface area contributed by atoms with Crippen LogP contribution >= 0.6 is 0 Å². The van der Waals surface area contributed by atoms with Crippen molar-refractivity contribution in [3.63, 3.8) is 0 Å². The Bertz CT molecular complexity index is 1020. The fourth-order valence-corrected chi connectivity index (χ4v) is 3.98. The second kappa shape index (κ2) is 6.76. The zero-order chi connectivity index (χ0) is 19.0. The topological polar surface area (TPSA) is 33.2 Å². The maximum absolute atomic E-state index is 14.7. The first-order valence-corrected chi connectivity index (χ1v) is 9.50. The van der Waals surface area contributed by atoms with Gasteiger partial charge in [-0.25, -0.2) is 4.39 Å². The summed E-state index contributed by atoms with van der Waals surface area (Å²) in [6.45, 7) is 4.07. The number of carbonyl (C=O) groups excluding carboxylic acids is 1. The van der Waals surface area contributed by atoms with Crippen LogP contribution in [-0.2, 0) is 11.2 Å². The van der Waals surface area contributed by atoms with Crippen molar-refractivity contribution in [1.82, 2.24) is 4.98 Å². The third-order valence-electron chi connectivity index (χ3n) is 5.54. The molecule has 27 heavy (non-hydrogen) atoms. The average Bonchev–Trinajstić information content (AvgIpc) is 2.68. The molecule has 1 aromatic heterocycles. The van der Waals surface area contributed by atoms with Crippen molar-refractivity contribution in [3.05, 3.63) is 66.1 Å². The fraction of sp³-hybridized carbons (Fsp3) is 0.304. The van der Waals surface area contributed by atoms with Gasteiger partial charge in [-0.05, 0) is 37.1 Å². The van der Waals surface area contributed by atoms with E-state index in [1.807, 2.05) is 43.3 Å². The first-order valence-electron chi connectivity index (χ1n) is 9.50. The van der Waals surface area contributed by atoms with Crippen LogP contribution < -0.4 is 4.90 Å². The molecule has 0 spiro atoms. The molecule has 0 radical (unpaired) electrons. The van der Waals surface area contributed by atoms with Crippen LogP contribution in [0.4, 0.5) is 15.8 Å². The Morgan fingerprint density at radius 2 is 2.00 bits per heavy atom. The third kappa shape index (κ3) is 2.99. The molecule has 3 aromatic rings. The van der Waals surface area contributed by atoms with Crippen LogP contribution in [0.15, 0.2) is 54.7 Å². The molecule has 0 fully saturated rings. The fourth-order valence-electron chi connectivity index (χ4n) is 3.98. The summed E-state index contributed by atoms with van der Waals surface area (Å²) in [5, 5.41) is 0.960. The smallest absolute Gasteiger partial charge is 0.237 e. The average molecular weight is 362 g/mol. The molecule has 4 rings (SSSR count). The highest BCUT2D eigenvalue weighted by Gasteiger charge is 2.43. The summed E-state index contributed by atoms with van der Waals surface area (Å²) in [6.07, 6.45) is 4.83. The number of fused-ring (bicyclic) bond motifs is 2. The van der Waals surface area contributed by atoms with Crippen LogP contribution in [-0.4, -0.2) is 10.9 Å². The van der Waals surface area contributed by atoms with Crippen molar-refractivity contribution in [1.29, 1.82) is 0 Å². The Kier molecular flexibility index (Phi) is 4.42. The number of nitrogens with zero attached hydrogens (tertiary/aromatic N) is 2. The first-order chi connectivity index (χ1) is 13.0. The van der Waals surface area contributed by atoms with Gasteiger partial charge in [0.25, 0.3) is 0 Å². The van der Waals surface area contributed by atoms with Crippen molar-refractivity contribution in [2.24, 2.45) is 5.41 Å². The highest BCUT2D eigenvalue weighted by molar-refractivity contribution is 6.07. The number of carbonyl (C=O) groups is 1. The Hall–Kier alpha value is -2.75. The predicted octanol–water partition coefficient (Wildman–Crippen LogP) is 5.79. The summed E-state index contributed by atoms with van der Waals surface area (Å²) in [5.74, 6) is -0.229. The van der Waals surface area contributed by atoms with Crippen molar-refractivity contribution in [3.8, 4) is 0 Å². The maximum atomic E-state index is 14.7. The normalized spacial score (nSPS) is 19.4. The van der Waals surface area contributed by atoms with Gasteiger partial charge in [-0.15, -0.1) is 0 Å². The standard InChI is InChI=1S/C23H23FN2O/c1-3-4-12-23(2)14-18-19(24)9-7-11-21(18)26(22(23)27)17-13-16-8-5-6-10-20(16)25-15-17/h5-11,13,15H,3-4,12,14H2,1-2H3. The van der Waals surface area contributed by atoms with Gasteiger partial charge in [0.05, 0.1) is 28.5 Å². The number of unbranched alkanes of at least 4 members (excludes halogenated alkanes) is 1. The van der Waals surface area contributed by atoms with Gasteiger partial charge in [0, 0.05) is 10.9 Å². The molecule has 0 saturated carbocycles. The van der Waals surface area contributed by atoms with Gasteiger partial charge in [-0.1, -0.05) is 51.0 Å². The van der Waals surface area contributed by atoms with E-state index in [1.165, 1.54) is 6.07 Å². The van der Waals surface area contributed by atoms with Crippen LogP contribution in [0.1, 0.15) is 38.7 Å². The Morgan fingerprint density at radius 1 is 1.19 bits per heavy atom. The van der Waals surface area contributed by atoms with E-state index in [-0.39, 0.29) is 11.7 Å². The van der Waals surface area contributed by atoms with E-state index >= 15 is 0 Å². The van der Waals surface area contributed by atoms with Crippen LogP contribution in [0, 0.1) is 11.2 Å². The maximum Gasteiger partial charge on any atom is 0.237 e. The van der Waals surface area contributed by atoms with Gasteiger partial charge in [0.1, 0.15) is 5.82 Å². The third-order valence-corrected chi connectivity index (χ3v) is 5.54. The molecule has 1 amide bonds. The Balaban J connectivity index is 1.88. The highest BCUT2D eigenvalue weighted by atomic mass is 19.1. The molecule has 0 N–H and O–H groups in total. The molecule has 1 unspecified atom stereocenters. The number of hydrogen-bond donors (Lipinski definition) is 0. The zero-order valence-electron chi connectivity index (χ0n) is 15.7. The van der Waals surface area contributed by atoms with Crippen molar-refractivity contribution in [2.75, 3.05) is 4.90 Å². The second-order valence-corrected chi connectivity index (χ2v) is 7.61. The summed E-state index contributed by atoms with van der Waals surface area (Å²) >= 11 is 0. The van der Waals surface area contributed by atoms with E-state index in [1.54, 1.807) is 17.2 Å². The van der Waals surface area contributed by atoms with Crippen LogP contribution in [0.25, 0.3) is 10.9 Å². The number of anilines is 2. The molecule has 1 atom stereocenters. The Labute approximate surface area is 158 Å². The molecular weight excluding hydrogens is 339 g/mol. The largest absolute Gasteiger partial charge is 0.279 e. The summed E-state index contributed by atoms with van der Waals surface area (Å²) in [6, 6.07) is 14.7. The predicted molar refractivity (Wildman–Crippen MR) is 107 cm³/mol. The lowest BCUT2D eigenvalue weighted by Crippen LogP contribution is -2.45. The molecule has 4 heteroatoms. The SMILES string of the molecule is CCCCC1(C)Cc2c(F)cccc2N(c2cnc3ccccc3c2)C1=O. The molecule has 1 aliphatic rings. The molecular formula is C23H23FN2O. The van der Waals surface area contributed by atoms with Gasteiger partial charge in [-0.2, -0.15) is 0 Å². The van der Waals surface area contributed by atoms with Gasteiger partial charge in [0.15, 0.2) is 0 Å². The lowest BCUT2D eigenvalue weighted by atomic mass is 9.74. The van der Waals surface area contributed by atoms with Crippen molar-refractivity contribution >= 4 is 28.2 Å². The van der Waals surface area contributed by atoms with E-state index in [4.69, 9.17) is 0 Å². The summed E-state index contributed by atoms with van der Waals surface area (Å²) in [7, 11) is 0. The number of rotatable bonds is 4. The minimum atomic E-state index is -0.614. The molecule has 3 nitrogen and oxygen atoms in total. The molecule has 138 valence electrons. The molecule has 0 saturated heterocycles. The zero-order valence-corrected chi connectivity index (χ0v) is 15.7. The Morgan fingerprint density at radius 3 is 2.81 bits per heavy atom. The summed E-state index contributed by atoms with van der Waals surface area (Å²) in [5.41, 5.74) is 2.19. The number of para-hydroxylation sites is 1. The molecule has 0 bridgehead atoms. The summed E-state index contributed by atoms with van der Waals surface area (Å²) in [4.78, 5) is 19.7. The highest BCUT2D eigenvalue weighted by Crippen LogP contribution is 2.45. The van der Waals surface area contributed by atoms with Gasteiger partial charge in [-0.3, -0.25) is 14.7 Å². The van der Waals surface area contributed by atoms with E-state index in [0.717, 1.165) is 30.2 Å². The van der Waals surface area contributed by atoms with E-state index in [2.05, 4.69) is 11.9 Å². The van der Waals surface area contributed by atoms with Gasteiger partial charge >= 0.3 is 0 Å². The van der Waals surface area contributed by atoms with Gasteiger partial charge in [0.2, 0.25) is 5.91 Å². The molecule has 0 aliphatic carbocycles. The molecule has 1 aliphatic heterocycles. The molecule has 2 aromatic carbocycles. The second-order valence-electron chi connectivity index (χ2n) is 7.61. The van der Waals surface area contributed by atoms with E-state index < -0.39 is 5.41 Å². The number of aromatic nitrogens is 1. The lowest BCUT2D eigenvalue weighted by molar-refractivity contribution is -0.127. The monoisotopic (exact) mass is 362 g/mol. The van der Waals surface area contributed by atoms with Crippen LogP contribution in [0.5, 0.6) is 0 Å². The minimum absolute atomic E-state index is 0.0196. The summed E-state index contributed by atoms with van der Waals surface area (Å²) < 4.78 is 14.7. The quantitative estimate of drug-likeness (QED) is 0.588. The van der Waals surface area contributed by atoms with Crippen LogP contribution in [0.3, 0.4) is 0 Å². The molecule has 2 heterocycles. The van der Waals surface area contributed by atoms with Gasteiger partial charge < -0.3 is 0 Å². The first kappa shape index (κ1) is 17.7. The van der Waals surface area contributed by atoms with Crippen molar-refractivity contribution in [2.45, 2.75) is 39.5 Å². The van der Waals surface area contributed by atoms with Crippen LogP contribution in [0.2, 0.25) is 0 Å².